The monoisotopic (exact) mass is 202 g/mol. The summed E-state index contributed by atoms with van der Waals surface area (Å²) in [4.78, 5) is 8.88. The highest BCUT2D eigenvalue weighted by Crippen LogP contribution is 2.48. The number of hydrogen-bond acceptors (Lipinski definition) is 4. The molecule has 5 nitrogen and oxygen atoms in total. The maximum Gasteiger partial charge on any atom is 0.345 e. The molecule has 0 heterocycles. The smallest absolute Gasteiger partial charge is 0.323 e. The van der Waals surface area contributed by atoms with Crippen LogP contribution < -0.4 is 0 Å². The van der Waals surface area contributed by atoms with Gasteiger partial charge in [-0.3, -0.25) is 4.57 Å². The molecule has 0 aromatic heterocycles. The molecule has 0 spiro atoms. The minimum atomic E-state index is -3.97. The second-order valence-electron chi connectivity index (χ2n) is 2.44. The van der Waals surface area contributed by atoms with Gasteiger partial charge in [0.25, 0.3) is 10.1 Å². The molecule has 0 aromatic carbocycles. The van der Waals surface area contributed by atoms with Crippen LogP contribution in [0.15, 0.2) is 0 Å². The van der Waals surface area contributed by atoms with Crippen LogP contribution in [0, 0.1) is 0 Å². The average molecular weight is 202 g/mol. The van der Waals surface area contributed by atoms with Gasteiger partial charge >= 0.3 is 7.60 Å². The molecule has 0 saturated carbocycles. The third-order valence-electron chi connectivity index (χ3n) is 0.895. The Morgan fingerprint density at radius 1 is 1.45 bits per heavy atom. The van der Waals surface area contributed by atoms with Gasteiger partial charge in [0.1, 0.15) is 0 Å². The van der Waals surface area contributed by atoms with Crippen molar-refractivity contribution in [2.45, 2.75) is 19.5 Å². The van der Waals surface area contributed by atoms with Crippen LogP contribution in [0.2, 0.25) is 0 Å². The molecule has 0 aromatic rings. The number of rotatable bonds is 3. The van der Waals surface area contributed by atoms with Gasteiger partial charge in [0.05, 0.1) is 11.9 Å². The van der Waals surface area contributed by atoms with Crippen LogP contribution in [-0.4, -0.2) is 25.2 Å². The third kappa shape index (κ3) is 4.53. The Morgan fingerprint density at radius 2 is 1.82 bits per heavy atom. The second kappa shape index (κ2) is 3.23. The Balaban J connectivity index is 4.52. The summed E-state index contributed by atoms with van der Waals surface area (Å²) in [5.41, 5.74) is -0.711. The zero-order valence-electron chi connectivity index (χ0n) is 6.51. The van der Waals surface area contributed by atoms with Crippen LogP contribution in [0.5, 0.6) is 0 Å². The van der Waals surface area contributed by atoms with Crippen LogP contribution in [0.1, 0.15) is 13.8 Å². The van der Waals surface area contributed by atoms with E-state index >= 15 is 0 Å². The van der Waals surface area contributed by atoms with E-state index < -0.39 is 23.4 Å². The molecule has 0 saturated heterocycles. The van der Waals surface area contributed by atoms with Crippen molar-refractivity contribution in [2.24, 2.45) is 0 Å². The molecule has 7 heteroatoms. The molecule has 0 aliphatic rings. The zero-order valence-corrected chi connectivity index (χ0v) is 8.22. The van der Waals surface area contributed by atoms with E-state index in [2.05, 4.69) is 3.97 Å². The van der Waals surface area contributed by atoms with Crippen molar-refractivity contribution in [1.29, 1.82) is 0 Å². The van der Waals surface area contributed by atoms with Gasteiger partial charge in [-0.1, -0.05) is 13.8 Å². The van der Waals surface area contributed by atoms with E-state index in [1.165, 1.54) is 13.8 Å². The Bertz CT molecular complexity index is 266. The van der Waals surface area contributed by atoms with E-state index in [-0.39, 0.29) is 0 Å². The average Bonchev–Trinajstić information content (AvgIpc) is 1.56. The van der Waals surface area contributed by atoms with E-state index in [0.29, 0.717) is 0 Å². The van der Waals surface area contributed by atoms with Crippen LogP contribution in [0.25, 0.3) is 0 Å². The highest BCUT2D eigenvalue weighted by Gasteiger charge is 2.29. The second-order valence-corrected chi connectivity index (χ2v) is 6.60. The van der Waals surface area contributed by atoms with E-state index in [9.17, 15) is 13.0 Å². The highest BCUT2D eigenvalue weighted by molar-refractivity contribution is 7.90. The Morgan fingerprint density at radius 3 is 1.91 bits per heavy atom. The topological polar surface area (TPSA) is 80.7 Å². The van der Waals surface area contributed by atoms with Crippen LogP contribution in [0.3, 0.4) is 0 Å². The summed E-state index contributed by atoms with van der Waals surface area (Å²) in [5, 5.41) is 0. The third-order valence-corrected chi connectivity index (χ3v) is 4.14. The first-order valence-electron chi connectivity index (χ1n) is 2.89. The van der Waals surface area contributed by atoms with Gasteiger partial charge in [-0.05, 0) is 0 Å². The standard InChI is InChI=1S/C4H11O5PS/c1-4(2)10(5,6)9-11(3,7)8/h4H,1-3H3,(H,5,6). The molecular formula is C4H11O5PS. The van der Waals surface area contributed by atoms with E-state index in [1.54, 1.807) is 0 Å². The minimum absolute atomic E-state index is 0.711. The Kier molecular flexibility index (Phi) is 3.26. The predicted molar refractivity (Wildman–Crippen MR) is 40.9 cm³/mol. The zero-order chi connectivity index (χ0) is 9.28. The normalized spacial score (nSPS) is 18.3. The van der Waals surface area contributed by atoms with Gasteiger partial charge < -0.3 is 4.89 Å². The van der Waals surface area contributed by atoms with Gasteiger partial charge in [-0.15, -0.1) is 0 Å². The Hall–Kier alpha value is 0.1000. The van der Waals surface area contributed by atoms with Crippen LogP contribution >= 0.6 is 7.60 Å². The van der Waals surface area contributed by atoms with Crippen molar-refractivity contribution in [3.05, 3.63) is 0 Å². The summed E-state index contributed by atoms with van der Waals surface area (Å²) in [6.07, 6.45) is 0.734. The summed E-state index contributed by atoms with van der Waals surface area (Å²) in [6.45, 7) is 2.82. The molecule has 68 valence electrons. The lowest BCUT2D eigenvalue weighted by molar-refractivity contribution is 0.370. The molecule has 0 fully saturated rings. The van der Waals surface area contributed by atoms with Gasteiger partial charge in [-0.2, -0.15) is 12.4 Å². The van der Waals surface area contributed by atoms with Crippen molar-refractivity contribution >= 4 is 17.7 Å². The molecule has 0 aliphatic carbocycles. The lowest BCUT2D eigenvalue weighted by Gasteiger charge is -2.12. The molecule has 11 heavy (non-hydrogen) atoms. The fourth-order valence-corrected chi connectivity index (χ4v) is 2.52. The SMILES string of the molecule is CC(C)P(=O)(O)OS(C)(=O)=O. The van der Waals surface area contributed by atoms with Gasteiger partial charge in [0, 0.05) is 0 Å². The fraction of sp³-hybridized carbons (Fsp3) is 1.00. The highest BCUT2D eigenvalue weighted by atomic mass is 32.2. The predicted octanol–water partition coefficient (Wildman–Crippen LogP) is 0.556. The minimum Gasteiger partial charge on any atom is -0.323 e. The number of hydrogen-bond donors (Lipinski definition) is 1. The summed E-state index contributed by atoms with van der Waals surface area (Å²) < 4.78 is 35.6. The van der Waals surface area contributed by atoms with Crippen molar-refractivity contribution in [1.82, 2.24) is 0 Å². The Labute approximate surface area is 66.0 Å². The first-order valence-corrected chi connectivity index (χ1v) is 6.35. The van der Waals surface area contributed by atoms with Gasteiger partial charge in [0.2, 0.25) is 0 Å². The molecular weight excluding hydrogens is 191 g/mol. The van der Waals surface area contributed by atoms with Crippen molar-refractivity contribution in [2.75, 3.05) is 6.26 Å². The van der Waals surface area contributed by atoms with E-state index in [4.69, 9.17) is 4.89 Å². The molecule has 1 N–H and O–H groups in total. The summed E-state index contributed by atoms with van der Waals surface area (Å²) >= 11 is 0. The van der Waals surface area contributed by atoms with Gasteiger partial charge in [-0.25, -0.2) is 0 Å². The lowest BCUT2D eigenvalue weighted by atomic mass is 10.6. The van der Waals surface area contributed by atoms with Crippen molar-refractivity contribution in [3.8, 4) is 0 Å². The largest absolute Gasteiger partial charge is 0.345 e. The molecule has 0 aliphatic heterocycles. The maximum atomic E-state index is 10.9. The lowest BCUT2D eigenvalue weighted by Crippen LogP contribution is -2.06. The first kappa shape index (κ1) is 11.1. The molecule has 0 amide bonds. The molecule has 1 atom stereocenters. The summed E-state index contributed by atoms with van der Waals surface area (Å²) in [7, 11) is -7.81. The van der Waals surface area contributed by atoms with Gasteiger partial charge in [0.15, 0.2) is 0 Å². The molecule has 0 radical (unpaired) electrons. The van der Waals surface area contributed by atoms with E-state index in [0.717, 1.165) is 6.26 Å². The quantitative estimate of drug-likeness (QED) is 0.676. The molecule has 1 unspecified atom stereocenters. The fourth-order valence-electron chi connectivity index (χ4n) is 0.280. The summed E-state index contributed by atoms with van der Waals surface area (Å²) in [6, 6.07) is 0. The van der Waals surface area contributed by atoms with E-state index in [1.807, 2.05) is 0 Å². The maximum absolute atomic E-state index is 10.9. The molecule has 0 bridgehead atoms. The summed E-state index contributed by atoms with van der Waals surface area (Å²) in [5.74, 6) is 0. The van der Waals surface area contributed by atoms with Crippen molar-refractivity contribution in [3.63, 3.8) is 0 Å². The van der Waals surface area contributed by atoms with Crippen LogP contribution in [0.4, 0.5) is 0 Å². The van der Waals surface area contributed by atoms with Crippen molar-refractivity contribution < 1.29 is 21.8 Å². The first-order chi connectivity index (χ1) is 4.65. The van der Waals surface area contributed by atoms with Crippen LogP contribution in [-0.2, 0) is 18.7 Å². The molecule has 0 rings (SSSR count).